The number of benzene rings is 1. The van der Waals surface area contributed by atoms with Gasteiger partial charge in [-0.05, 0) is 36.3 Å². The van der Waals surface area contributed by atoms with Crippen LogP contribution in [0.1, 0.15) is 50.2 Å². The minimum Gasteiger partial charge on any atom is -0.396 e. The second-order valence-corrected chi connectivity index (χ2v) is 4.98. The van der Waals surface area contributed by atoms with Crippen LogP contribution < -0.4 is 5.32 Å². The van der Waals surface area contributed by atoms with Crippen molar-refractivity contribution in [2.24, 2.45) is 0 Å². The fourth-order valence-electron chi connectivity index (χ4n) is 1.92. The Labute approximate surface area is 116 Å². The molecule has 1 atom stereocenters. The van der Waals surface area contributed by atoms with Crippen molar-refractivity contribution < 1.29 is 9.90 Å². The molecule has 19 heavy (non-hydrogen) atoms. The van der Waals surface area contributed by atoms with Crippen LogP contribution in [-0.4, -0.2) is 24.2 Å². The predicted molar refractivity (Wildman–Crippen MR) is 78.2 cm³/mol. The highest BCUT2D eigenvalue weighted by Crippen LogP contribution is 2.18. The summed E-state index contributed by atoms with van der Waals surface area (Å²) in [6.45, 7) is 5.16. The standard InChI is InChI=1S/C16H25NO2/c1-3-13(2)15-8-6-14(7-9-15)10-11-17-16(19)5-4-12-18/h6-9,13,18H,3-5,10-12H2,1-2H3,(H,17,19). The molecule has 0 aliphatic carbocycles. The fourth-order valence-corrected chi connectivity index (χ4v) is 1.92. The van der Waals surface area contributed by atoms with Crippen molar-refractivity contribution in [1.29, 1.82) is 0 Å². The summed E-state index contributed by atoms with van der Waals surface area (Å²) in [7, 11) is 0. The summed E-state index contributed by atoms with van der Waals surface area (Å²) in [5.74, 6) is 0.623. The number of hydrogen-bond acceptors (Lipinski definition) is 2. The van der Waals surface area contributed by atoms with Crippen LogP contribution in [-0.2, 0) is 11.2 Å². The number of nitrogens with one attached hydrogen (secondary N) is 1. The van der Waals surface area contributed by atoms with Gasteiger partial charge < -0.3 is 10.4 Å². The van der Waals surface area contributed by atoms with Crippen LogP contribution in [0.4, 0.5) is 0 Å². The topological polar surface area (TPSA) is 49.3 Å². The Kier molecular flexibility index (Phi) is 7.19. The van der Waals surface area contributed by atoms with Gasteiger partial charge in [0.05, 0.1) is 0 Å². The van der Waals surface area contributed by atoms with E-state index < -0.39 is 0 Å². The van der Waals surface area contributed by atoms with Gasteiger partial charge in [0.15, 0.2) is 0 Å². The predicted octanol–water partition coefficient (Wildman–Crippen LogP) is 2.63. The van der Waals surface area contributed by atoms with E-state index in [-0.39, 0.29) is 12.5 Å². The molecule has 0 aromatic heterocycles. The Balaban J connectivity index is 2.32. The normalized spacial score (nSPS) is 12.2. The van der Waals surface area contributed by atoms with Crippen LogP contribution in [0.25, 0.3) is 0 Å². The first kappa shape index (κ1) is 15.7. The maximum atomic E-state index is 11.4. The molecule has 0 aliphatic rings. The third-order valence-electron chi connectivity index (χ3n) is 3.46. The Bertz CT molecular complexity index is 373. The van der Waals surface area contributed by atoms with Crippen LogP contribution in [0.3, 0.4) is 0 Å². The van der Waals surface area contributed by atoms with Crippen molar-refractivity contribution in [3.63, 3.8) is 0 Å². The van der Waals surface area contributed by atoms with Gasteiger partial charge in [-0.2, -0.15) is 0 Å². The SMILES string of the molecule is CCC(C)c1ccc(CCNC(=O)CCCO)cc1. The summed E-state index contributed by atoms with van der Waals surface area (Å²) in [5.41, 5.74) is 2.62. The average Bonchev–Trinajstić information content (AvgIpc) is 2.45. The maximum absolute atomic E-state index is 11.4. The molecule has 0 aliphatic heterocycles. The highest BCUT2D eigenvalue weighted by molar-refractivity contribution is 5.75. The van der Waals surface area contributed by atoms with Crippen molar-refractivity contribution in [2.45, 2.75) is 45.4 Å². The largest absolute Gasteiger partial charge is 0.396 e. The Morgan fingerprint density at radius 2 is 2.00 bits per heavy atom. The molecule has 0 bridgehead atoms. The summed E-state index contributed by atoms with van der Waals surface area (Å²) in [6, 6.07) is 8.64. The highest BCUT2D eigenvalue weighted by Gasteiger charge is 2.03. The third-order valence-corrected chi connectivity index (χ3v) is 3.46. The molecule has 1 rings (SSSR count). The van der Waals surface area contributed by atoms with Gasteiger partial charge in [-0.3, -0.25) is 4.79 Å². The number of carbonyl (C=O) groups is 1. The van der Waals surface area contributed by atoms with E-state index in [1.54, 1.807) is 0 Å². The van der Waals surface area contributed by atoms with Crippen LogP contribution in [0.2, 0.25) is 0 Å². The Morgan fingerprint density at radius 3 is 2.58 bits per heavy atom. The first-order valence-electron chi connectivity index (χ1n) is 7.13. The second kappa shape index (κ2) is 8.70. The molecule has 1 aromatic rings. The molecule has 1 unspecified atom stereocenters. The van der Waals surface area contributed by atoms with Gasteiger partial charge in [0.2, 0.25) is 5.91 Å². The van der Waals surface area contributed by atoms with E-state index in [9.17, 15) is 4.79 Å². The molecule has 0 heterocycles. The molecule has 3 nitrogen and oxygen atoms in total. The number of aliphatic hydroxyl groups is 1. The molecule has 3 heteroatoms. The quantitative estimate of drug-likeness (QED) is 0.757. The molecular formula is C16H25NO2. The highest BCUT2D eigenvalue weighted by atomic mass is 16.3. The lowest BCUT2D eigenvalue weighted by Crippen LogP contribution is -2.25. The van der Waals surface area contributed by atoms with Gasteiger partial charge >= 0.3 is 0 Å². The van der Waals surface area contributed by atoms with Crippen molar-refractivity contribution in [2.75, 3.05) is 13.2 Å². The lowest BCUT2D eigenvalue weighted by Gasteiger charge is -2.10. The minimum absolute atomic E-state index is 0.0188. The summed E-state index contributed by atoms with van der Waals surface area (Å²) in [6.07, 6.45) is 2.95. The molecule has 2 N–H and O–H groups in total. The molecule has 1 amide bonds. The first-order chi connectivity index (χ1) is 9.17. The van der Waals surface area contributed by atoms with Gasteiger partial charge in [-0.15, -0.1) is 0 Å². The molecule has 0 saturated carbocycles. The summed E-state index contributed by atoms with van der Waals surface area (Å²) >= 11 is 0. The van der Waals surface area contributed by atoms with E-state index in [0.717, 1.165) is 12.8 Å². The zero-order valence-electron chi connectivity index (χ0n) is 12.0. The average molecular weight is 263 g/mol. The van der Waals surface area contributed by atoms with E-state index >= 15 is 0 Å². The smallest absolute Gasteiger partial charge is 0.220 e. The maximum Gasteiger partial charge on any atom is 0.220 e. The summed E-state index contributed by atoms with van der Waals surface area (Å²) < 4.78 is 0. The fraction of sp³-hybridized carbons (Fsp3) is 0.562. The van der Waals surface area contributed by atoms with E-state index in [1.807, 2.05) is 0 Å². The molecule has 0 fully saturated rings. The Hall–Kier alpha value is -1.35. The van der Waals surface area contributed by atoms with E-state index in [0.29, 0.717) is 25.3 Å². The number of amides is 1. The van der Waals surface area contributed by atoms with Gasteiger partial charge in [0, 0.05) is 19.6 Å². The number of hydrogen-bond donors (Lipinski definition) is 2. The van der Waals surface area contributed by atoms with Gasteiger partial charge in [-0.1, -0.05) is 38.1 Å². The zero-order chi connectivity index (χ0) is 14.1. The Morgan fingerprint density at radius 1 is 1.32 bits per heavy atom. The van der Waals surface area contributed by atoms with Crippen LogP contribution in [0.15, 0.2) is 24.3 Å². The summed E-state index contributed by atoms with van der Waals surface area (Å²) in [4.78, 5) is 11.4. The van der Waals surface area contributed by atoms with E-state index in [4.69, 9.17) is 5.11 Å². The van der Waals surface area contributed by atoms with E-state index in [1.165, 1.54) is 11.1 Å². The molecule has 106 valence electrons. The van der Waals surface area contributed by atoms with Crippen LogP contribution >= 0.6 is 0 Å². The van der Waals surface area contributed by atoms with Crippen molar-refractivity contribution >= 4 is 5.91 Å². The second-order valence-electron chi connectivity index (χ2n) is 4.98. The van der Waals surface area contributed by atoms with Crippen molar-refractivity contribution in [1.82, 2.24) is 5.32 Å². The third kappa shape index (κ3) is 5.88. The van der Waals surface area contributed by atoms with Gasteiger partial charge in [-0.25, -0.2) is 0 Å². The summed E-state index contributed by atoms with van der Waals surface area (Å²) in [5, 5.41) is 11.5. The minimum atomic E-state index is 0.0188. The van der Waals surface area contributed by atoms with Crippen molar-refractivity contribution in [3.05, 3.63) is 35.4 Å². The number of rotatable bonds is 8. The monoisotopic (exact) mass is 263 g/mol. The van der Waals surface area contributed by atoms with Crippen LogP contribution in [0.5, 0.6) is 0 Å². The zero-order valence-corrected chi connectivity index (χ0v) is 12.0. The lowest BCUT2D eigenvalue weighted by atomic mass is 9.97. The van der Waals surface area contributed by atoms with Crippen molar-refractivity contribution in [3.8, 4) is 0 Å². The van der Waals surface area contributed by atoms with Gasteiger partial charge in [0.25, 0.3) is 0 Å². The van der Waals surface area contributed by atoms with E-state index in [2.05, 4.69) is 43.4 Å². The lowest BCUT2D eigenvalue weighted by molar-refractivity contribution is -0.121. The number of carbonyl (C=O) groups excluding carboxylic acids is 1. The molecular weight excluding hydrogens is 238 g/mol. The van der Waals surface area contributed by atoms with Gasteiger partial charge in [0.1, 0.15) is 0 Å². The first-order valence-corrected chi connectivity index (χ1v) is 7.13. The molecule has 1 aromatic carbocycles. The number of aliphatic hydroxyl groups excluding tert-OH is 1. The molecule has 0 spiro atoms. The molecule has 0 radical (unpaired) electrons. The molecule has 0 saturated heterocycles. The van der Waals surface area contributed by atoms with Crippen LogP contribution in [0, 0.1) is 0 Å².